The van der Waals surface area contributed by atoms with Crippen molar-refractivity contribution in [2.45, 2.75) is 335 Å². The van der Waals surface area contributed by atoms with Gasteiger partial charge in [0.15, 0.2) is 6.10 Å². The molecule has 0 aliphatic heterocycles. The third-order valence-corrected chi connectivity index (χ3v) is 14.2. The molecule has 0 aromatic carbocycles. The van der Waals surface area contributed by atoms with Crippen LogP contribution in [0.2, 0.25) is 0 Å². The molecule has 0 fully saturated rings. The summed E-state index contributed by atoms with van der Waals surface area (Å²) in [6, 6.07) is 0. The molecule has 6 heteroatoms. The van der Waals surface area contributed by atoms with Crippen molar-refractivity contribution in [2.75, 3.05) is 13.2 Å². The Morgan fingerprint density at radius 2 is 0.520 bits per heavy atom. The highest BCUT2D eigenvalue weighted by Crippen LogP contribution is 2.18. The fourth-order valence-corrected chi connectivity index (χ4v) is 9.39. The fourth-order valence-electron chi connectivity index (χ4n) is 9.39. The molecule has 0 saturated carbocycles. The fraction of sp³-hybridized carbons (Fsp3) is 0.783. The summed E-state index contributed by atoms with van der Waals surface area (Å²) in [4.78, 5) is 37.9. The molecule has 0 spiro atoms. The van der Waals surface area contributed by atoms with Crippen molar-refractivity contribution in [3.8, 4) is 0 Å². The SMILES string of the molecule is CC/C=C\C/C=C\C/C=C\C/C=C\C/C=C\C/C=C\CCCCCCCCC(=O)OC(COC(=O)CCCCCCC)COC(=O)CCCCCCCCCCCCCCCCCCCCCCCCCCCCC. The molecule has 0 rings (SSSR count). The van der Waals surface area contributed by atoms with Gasteiger partial charge in [0.2, 0.25) is 0 Å². The summed E-state index contributed by atoms with van der Waals surface area (Å²) in [6.07, 6.45) is 82.6. The lowest BCUT2D eigenvalue weighted by Crippen LogP contribution is -2.30. The van der Waals surface area contributed by atoms with Gasteiger partial charge >= 0.3 is 17.9 Å². The highest BCUT2D eigenvalue weighted by atomic mass is 16.6. The third-order valence-electron chi connectivity index (χ3n) is 14.2. The standard InChI is InChI=1S/C69H122O6/c1-4-7-10-13-15-17-19-21-23-25-27-29-31-33-34-36-37-39-41-43-45-47-49-51-53-56-59-62-68(71)74-65-66(64-73-67(70)61-58-55-12-9-6-3)75-69(72)63-60-57-54-52-50-48-46-44-42-40-38-35-32-30-28-26-24-22-20-18-16-14-11-8-5-2/h8,11,16,18,22,24,28,30,35,38,42,44,66H,4-7,9-10,12-15,17,19-21,23,25-27,29,31-34,36-37,39-41,43,45-65H2,1-3H3/b11-8-,18-16-,24-22-,30-28-,38-35-,44-42-. The minimum Gasteiger partial charge on any atom is -0.462 e. The van der Waals surface area contributed by atoms with Gasteiger partial charge in [-0.25, -0.2) is 0 Å². The van der Waals surface area contributed by atoms with Crippen LogP contribution >= 0.6 is 0 Å². The molecular weight excluding hydrogens is 925 g/mol. The second kappa shape index (κ2) is 63.4. The largest absolute Gasteiger partial charge is 0.462 e. The van der Waals surface area contributed by atoms with Crippen LogP contribution in [0.4, 0.5) is 0 Å². The zero-order valence-electron chi connectivity index (χ0n) is 49.8. The van der Waals surface area contributed by atoms with E-state index >= 15 is 0 Å². The Morgan fingerprint density at radius 1 is 0.280 bits per heavy atom. The van der Waals surface area contributed by atoms with Gasteiger partial charge in [-0.05, 0) is 70.6 Å². The first-order chi connectivity index (χ1) is 37.0. The summed E-state index contributed by atoms with van der Waals surface area (Å²) in [6.45, 7) is 6.47. The Morgan fingerprint density at radius 3 is 0.813 bits per heavy atom. The van der Waals surface area contributed by atoms with Crippen LogP contribution in [-0.4, -0.2) is 37.2 Å². The molecule has 0 bridgehead atoms. The van der Waals surface area contributed by atoms with E-state index in [1.54, 1.807) is 0 Å². The number of allylic oxidation sites excluding steroid dienone is 12. The number of esters is 3. The van der Waals surface area contributed by atoms with Gasteiger partial charge in [-0.2, -0.15) is 0 Å². The molecule has 0 aliphatic rings. The van der Waals surface area contributed by atoms with E-state index in [0.717, 1.165) is 116 Å². The molecule has 0 heterocycles. The normalized spacial score (nSPS) is 12.5. The second-order valence-electron chi connectivity index (χ2n) is 21.7. The van der Waals surface area contributed by atoms with E-state index in [1.807, 2.05) is 0 Å². The Labute approximate surface area is 465 Å². The average molecular weight is 1050 g/mol. The highest BCUT2D eigenvalue weighted by molar-refractivity contribution is 5.71. The smallest absolute Gasteiger partial charge is 0.306 e. The first-order valence-electron chi connectivity index (χ1n) is 32.4. The van der Waals surface area contributed by atoms with E-state index < -0.39 is 6.10 Å². The predicted molar refractivity (Wildman–Crippen MR) is 325 cm³/mol. The summed E-state index contributed by atoms with van der Waals surface area (Å²) in [7, 11) is 0. The second-order valence-corrected chi connectivity index (χ2v) is 21.7. The van der Waals surface area contributed by atoms with Gasteiger partial charge in [0, 0.05) is 19.3 Å². The van der Waals surface area contributed by atoms with E-state index in [1.165, 1.54) is 173 Å². The molecule has 0 radical (unpaired) electrons. The van der Waals surface area contributed by atoms with Crippen LogP contribution in [0.15, 0.2) is 72.9 Å². The zero-order chi connectivity index (χ0) is 54.3. The van der Waals surface area contributed by atoms with Crippen molar-refractivity contribution >= 4 is 17.9 Å². The van der Waals surface area contributed by atoms with E-state index in [-0.39, 0.29) is 31.1 Å². The lowest BCUT2D eigenvalue weighted by atomic mass is 10.0. The number of ether oxygens (including phenoxy) is 3. The van der Waals surface area contributed by atoms with Crippen molar-refractivity contribution in [3.63, 3.8) is 0 Å². The zero-order valence-corrected chi connectivity index (χ0v) is 49.8. The molecule has 0 saturated heterocycles. The quantitative estimate of drug-likeness (QED) is 0.0261. The van der Waals surface area contributed by atoms with E-state index in [0.29, 0.717) is 19.3 Å². The first kappa shape index (κ1) is 71.8. The monoisotopic (exact) mass is 1050 g/mol. The molecule has 434 valence electrons. The van der Waals surface area contributed by atoms with Crippen molar-refractivity contribution in [1.82, 2.24) is 0 Å². The van der Waals surface area contributed by atoms with Crippen LogP contribution in [0.1, 0.15) is 329 Å². The molecule has 1 atom stereocenters. The molecule has 0 aliphatic carbocycles. The Balaban J connectivity index is 4.04. The lowest BCUT2D eigenvalue weighted by Gasteiger charge is -2.18. The molecule has 0 amide bonds. The van der Waals surface area contributed by atoms with Gasteiger partial charge in [0.05, 0.1) is 0 Å². The van der Waals surface area contributed by atoms with Crippen LogP contribution < -0.4 is 0 Å². The molecule has 6 nitrogen and oxygen atoms in total. The van der Waals surface area contributed by atoms with Crippen LogP contribution in [0.25, 0.3) is 0 Å². The number of carbonyl (C=O) groups excluding carboxylic acids is 3. The minimum absolute atomic E-state index is 0.0787. The minimum atomic E-state index is -0.779. The Hall–Kier alpha value is -3.15. The topological polar surface area (TPSA) is 78.9 Å². The molecule has 0 aromatic heterocycles. The van der Waals surface area contributed by atoms with Crippen molar-refractivity contribution in [1.29, 1.82) is 0 Å². The number of unbranched alkanes of at least 4 members (excludes halogenated alkanes) is 36. The Kier molecular flexibility index (Phi) is 60.7. The van der Waals surface area contributed by atoms with Crippen molar-refractivity contribution in [2.24, 2.45) is 0 Å². The maximum Gasteiger partial charge on any atom is 0.306 e. The lowest BCUT2D eigenvalue weighted by molar-refractivity contribution is -0.167. The van der Waals surface area contributed by atoms with Gasteiger partial charge in [-0.1, -0.05) is 312 Å². The van der Waals surface area contributed by atoms with Crippen molar-refractivity contribution < 1.29 is 28.6 Å². The van der Waals surface area contributed by atoms with Crippen LogP contribution in [0.5, 0.6) is 0 Å². The van der Waals surface area contributed by atoms with Crippen LogP contribution in [0, 0.1) is 0 Å². The number of rotatable bonds is 59. The summed E-state index contributed by atoms with van der Waals surface area (Å²) in [5, 5.41) is 0. The summed E-state index contributed by atoms with van der Waals surface area (Å²) < 4.78 is 16.8. The summed E-state index contributed by atoms with van der Waals surface area (Å²) >= 11 is 0. The number of carbonyl (C=O) groups is 3. The number of hydrogen-bond acceptors (Lipinski definition) is 6. The molecule has 0 aromatic rings. The summed E-state index contributed by atoms with van der Waals surface area (Å²) in [5.74, 6) is -0.894. The predicted octanol–water partition coefficient (Wildman–Crippen LogP) is 22.1. The maximum absolute atomic E-state index is 12.8. The third kappa shape index (κ3) is 61.6. The van der Waals surface area contributed by atoms with Gasteiger partial charge < -0.3 is 14.2 Å². The van der Waals surface area contributed by atoms with Gasteiger partial charge in [0.1, 0.15) is 13.2 Å². The molecule has 75 heavy (non-hydrogen) atoms. The average Bonchev–Trinajstić information content (AvgIpc) is 3.41. The summed E-state index contributed by atoms with van der Waals surface area (Å²) in [5.41, 5.74) is 0. The molecule has 0 N–H and O–H groups in total. The van der Waals surface area contributed by atoms with Crippen LogP contribution in [0.3, 0.4) is 0 Å². The van der Waals surface area contributed by atoms with E-state index in [2.05, 4.69) is 93.7 Å². The van der Waals surface area contributed by atoms with E-state index in [4.69, 9.17) is 14.2 Å². The van der Waals surface area contributed by atoms with Crippen LogP contribution in [-0.2, 0) is 28.6 Å². The van der Waals surface area contributed by atoms with Gasteiger partial charge in [-0.15, -0.1) is 0 Å². The molecule has 1 unspecified atom stereocenters. The Bertz CT molecular complexity index is 1390. The van der Waals surface area contributed by atoms with Gasteiger partial charge in [-0.3, -0.25) is 14.4 Å². The van der Waals surface area contributed by atoms with Crippen molar-refractivity contribution in [3.05, 3.63) is 72.9 Å². The van der Waals surface area contributed by atoms with E-state index in [9.17, 15) is 14.4 Å². The molecular formula is C69H122O6. The first-order valence-corrected chi connectivity index (χ1v) is 32.4. The maximum atomic E-state index is 12.8. The van der Waals surface area contributed by atoms with Gasteiger partial charge in [0.25, 0.3) is 0 Å². The highest BCUT2D eigenvalue weighted by Gasteiger charge is 2.19. The number of hydrogen-bond donors (Lipinski definition) is 0.